The summed E-state index contributed by atoms with van der Waals surface area (Å²) in [5.74, 6) is -0.436. The number of aromatic hydroxyl groups is 1. The van der Waals surface area contributed by atoms with Crippen LogP contribution >= 0.6 is 0 Å². The van der Waals surface area contributed by atoms with E-state index < -0.39 is 12.0 Å². The summed E-state index contributed by atoms with van der Waals surface area (Å²) in [7, 11) is 0. The Bertz CT molecular complexity index is 636. The maximum atomic E-state index is 11.8. The van der Waals surface area contributed by atoms with Crippen LogP contribution in [-0.2, 0) is 4.79 Å². The number of carbonyl (C=O) groups excluding carboxylic acids is 1. The van der Waals surface area contributed by atoms with E-state index >= 15 is 0 Å². The number of hydrazone groups is 1. The zero-order valence-electron chi connectivity index (χ0n) is 11.5. The molecule has 0 aliphatic heterocycles. The van der Waals surface area contributed by atoms with E-state index in [1.54, 1.807) is 49.4 Å². The Hall–Kier alpha value is -2.66. The molecule has 3 N–H and O–H groups in total. The topological polar surface area (TPSA) is 81.9 Å². The summed E-state index contributed by atoms with van der Waals surface area (Å²) >= 11 is 0. The highest BCUT2D eigenvalue weighted by molar-refractivity contribution is 5.99. The molecule has 0 heterocycles. The number of rotatable bonds is 4. The maximum Gasteiger partial charge on any atom is 0.273 e. The van der Waals surface area contributed by atoms with Crippen LogP contribution < -0.4 is 5.43 Å². The van der Waals surface area contributed by atoms with Crippen LogP contribution in [0.2, 0.25) is 0 Å². The Morgan fingerprint density at radius 3 is 2.33 bits per heavy atom. The van der Waals surface area contributed by atoms with Crippen LogP contribution in [0, 0.1) is 0 Å². The molecule has 0 unspecified atom stereocenters. The summed E-state index contributed by atoms with van der Waals surface area (Å²) in [6.45, 7) is 1.72. The van der Waals surface area contributed by atoms with Gasteiger partial charge in [-0.3, -0.25) is 4.79 Å². The monoisotopic (exact) mass is 284 g/mol. The molecule has 0 aliphatic rings. The smallest absolute Gasteiger partial charge is 0.273 e. The third kappa shape index (κ3) is 3.90. The van der Waals surface area contributed by atoms with Crippen molar-refractivity contribution in [2.45, 2.75) is 13.0 Å². The number of benzene rings is 2. The number of hydrogen-bond acceptors (Lipinski definition) is 4. The van der Waals surface area contributed by atoms with Crippen LogP contribution in [0.3, 0.4) is 0 Å². The van der Waals surface area contributed by atoms with Gasteiger partial charge in [-0.15, -0.1) is 0 Å². The van der Waals surface area contributed by atoms with Crippen molar-refractivity contribution in [1.29, 1.82) is 0 Å². The number of phenolic OH excluding ortho intramolecular Hbond substituents is 1. The quantitative estimate of drug-likeness (QED) is 0.593. The summed E-state index contributed by atoms with van der Waals surface area (Å²) in [6.07, 6.45) is -1.26. The van der Waals surface area contributed by atoms with Gasteiger partial charge in [0, 0.05) is 0 Å². The van der Waals surface area contributed by atoms with E-state index in [0.717, 1.165) is 5.56 Å². The van der Waals surface area contributed by atoms with Crippen LogP contribution in [0.25, 0.3) is 0 Å². The molecular weight excluding hydrogens is 268 g/mol. The Morgan fingerprint density at radius 2 is 1.71 bits per heavy atom. The van der Waals surface area contributed by atoms with Crippen LogP contribution in [-0.4, -0.2) is 21.8 Å². The van der Waals surface area contributed by atoms with Gasteiger partial charge in [0.05, 0.1) is 5.71 Å². The molecule has 21 heavy (non-hydrogen) atoms. The van der Waals surface area contributed by atoms with Crippen molar-refractivity contribution in [3.63, 3.8) is 0 Å². The number of nitrogens with zero attached hydrogens (tertiary/aromatic N) is 1. The third-order valence-electron chi connectivity index (χ3n) is 2.98. The maximum absolute atomic E-state index is 11.8. The molecule has 2 aromatic rings. The van der Waals surface area contributed by atoms with Gasteiger partial charge in [0.15, 0.2) is 6.10 Å². The second kappa shape index (κ2) is 6.67. The van der Waals surface area contributed by atoms with Crippen LogP contribution in [0.4, 0.5) is 0 Å². The van der Waals surface area contributed by atoms with E-state index in [-0.39, 0.29) is 5.75 Å². The van der Waals surface area contributed by atoms with Crippen molar-refractivity contribution in [1.82, 2.24) is 5.43 Å². The average molecular weight is 284 g/mol. The summed E-state index contributed by atoms with van der Waals surface area (Å²) in [6, 6.07) is 15.1. The average Bonchev–Trinajstić information content (AvgIpc) is 2.53. The second-order valence-electron chi connectivity index (χ2n) is 4.53. The molecule has 0 aliphatic carbocycles. The fourth-order valence-corrected chi connectivity index (χ4v) is 1.75. The second-order valence-corrected chi connectivity index (χ2v) is 4.53. The SMILES string of the molecule is C/C(=N/NC(=O)[C@@H](O)c1ccccc1)c1ccc(O)cc1. The molecule has 2 rings (SSSR count). The molecule has 2 aromatic carbocycles. The van der Waals surface area contributed by atoms with Gasteiger partial charge in [-0.25, -0.2) is 5.43 Å². The third-order valence-corrected chi connectivity index (χ3v) is 2.98. The summed E-state index contributed by atoms with van der Waals surface area (Å²) in [5.41, 5.74) is 4.18. The van der Waals surface area contributed by atoms with Gasteiger partial charge in [-0.2, -0.15) is 5.10 Å². The van der Waals surface area contributed by atoms with Crippen molar-refractivity contribution in [2.24, 2.45) is 5.10 Å². The molecule has 0 bridgehead atoms. The molecule has 0 spiro atoms. The van der Waals surface area contributed by atoms with Crippen LogP contribution in [0.15, 0.2) is 59.7 Å². The van der Waals surface area contributed by atoms with E-state index in [9.17, 15) is 15.0 Å². The summed E-state index contributed by atoms with van der Waals surface area (Å²) in [5, 5.41) is 23.1. The number of amides is 1. The fraction of sp³-hybridized carbons (Fsp3) is 0.125. The predicted octanol–water partition coefficient (Wildman–Crippen LogP) is 1.97. The Labute approximate surface area is 122 Å². The van der Waals surface area contributed by atoms with E-state index in [4.69, 9.17) is 0 Å². The van der Waals surface area contributed by atoms with E-state index in [1.165, 1.54) is 12.1 Å². The van der Waals surface area contributed by atoms with Gasteiger partial charge in [0.25, 0.3) is 5.91 Å². The van der Waals surface area contributed by atoms with Gasteiger partial charge < -0.3 is 10.2 Å². The standard InChI is InChI=1S/C16H16N2O3/c1-11(12-7-9-14(19)10-8-12)17-18-16(21)15(20)13-5-3-2-4-6-13/h2-10,15,19-20H,1H3,(H,18,21)/b17-11-/t15-/m0/s1. The van der Waals surface area contributed by atoms with Crippen molar-refractivity contribution >= 4 is 11.6 Å². The first-order chi connectivity index (χ1) is 10.1. The summed E-state index contributed by atoms with van der Waals surface area (Å²) in [4.78, 5) is 11.8. The van der Waals surface area contributed by atoms with Crippen molar-refractivity contribution in [3.05, 3.63) is 65.7 Å². The number of carbonyl (C=O) groups is 1. The predicted molar refractivity (Wildman–Crippen MR) is 79.9 cm³/mol. The molecule has 108 valence electrons. The van der Waals surface area contributed by atoms with E-state index in [0.29, 0.717) is 11.3 Å². The molecular formula is C16H16N2O3. The highest BCUT2D eigenvalue weighted by atomic mass is 16.3. The fourth-order valence-electron chi connectivity index (χ4n) is 1.75. The number of aliphatic hydroxyl groups is 1. The van der Waals surface area contributed by atoms with Gasteiger partial charge in [0.2, 0.25) is 0 Å². The highest BCUT2D eigenvalue weighted by Crippen LogP contribution is 2.12. The largest absolute Gasteiger partial charge is 0.508 e. The van der Waals surface area contributed by atoms with Crippen molar-refractivity contribution < 1.29 is 15.0 Å². The van der Waals surface area contributed by atoms with Gasteiger partial charge in [-0.1, -0.05) is 30.3 Å². The minimum Gasteiger partial charge on any atom is -0.508 e. The lowest BCUT2D eigenvalue weighted by Gasteiger charge is -2.09. The van der Waals surface area contributed by atoms with Crippen LogP contribution in [0.1, 0.15) is 24.2 Å². The highest BCUT2D eigenvalue weighted by Gasteiger charge is 2.16. The van der Waals surface area contributed by atoms with Gasteiger partial charge in [0.1, 0.15) is 5.75 Å². The first kappa shape index (κ1) is 14.7. The van der Waals surface area contributed by atoms with Crippen molar-refractivity contribution in [2.75, 3.05) is 0 Å². The number of aliphatic hydroxyl groups excluding tert-OH is 1. The molecule has 0 fully saturated rings. The Morgan fingerprint density at radius 1 is 1.10 bits per heavy atom. The lowest BCUT2D eigenvalue weighted by Crippen LogP contribution is -2.26. The van der Waals surface area contributed by atoms with Gasteiger partial charge in [-0.05, 0) is 42.3 Å². The molecule has 5 nitrogen and oxygen atoms in total. The van der Waals surface area contributed by atoms with E-state index in [1.807, 2.05) is 0 Å². The molecule has 5 heteroatoms. The van der Waals surface area contributed by atoms with E-state index in [2.05, 4.69) is 10.5 Å². The lowest BCUT2D eigenvalue weighted by molar-refractivity contribution is -0.129. The lowest BCUT2D eigenvalue weighted by atomic mass is 10.1. The Kier molecular flexibility index (Phi) is 4.68. The van der Waals surface area contributed by atoms with Crippen LogP contribution in [0.5, 0.6) is 5.75 Å². The zero-order chi connectivity index (χ0) is 15.2. The zero-order valence-corrected chi connectivity index (χ0v) is 11.5. The first-order valence-corrected chi connectivity index (χ1v) is 6.44. The number of hydrogen-bond donors (Lipinski definition) is 3. The number of phenols is 1. The Balaban J connectivity index is 2.03. The molecule has 1 atom stereocenters. The molecule has 0 saturated carbocycles. The normalized spacial score (nSPS) is 12.8. The van der Waals surface area contributed by atoms with Gasteiger partial charge >= 0.3 is 0 Å². The minimum absolute atomic E-state index is 0.162. The first-order valence-electron chi connectivity index (χ1n) is 6.44. The molecule has 0 saturated heterocycles. The minimum atomic E-state index is -1.26. The molecule has 0 aromatic heterocycles. The summed E-state index contributed by atoms with van der Waals surface area (Å²) < 4.78 is 0. The molecule has 1 amide bonds. The van der Waals surface area contributed by atoms with Crippen molar-refractivity contribution in [3.8, 4) is 5.75 Å². The molecule has 0 radical (unpaired) electrons. The number of nitrogens with one attached hydrogen (secondary N) is 1.